The third-order valence-electron chi connectivity index (χ3n) is 9.48. The normalized spacial score (nSPS) is 24.3. The molecule has 5 nitrogen and oxygen atoms in total. The van der Waals surface area contributed by atoms with Crippen molar-refractivity contribution in [2.75, 3.05) is 13.1 Å². The molecule has 3 N–H and O–H groups in total. The number of aliphatic hydroxyl groups is 1. The molecule has 2 bridgehead atoms. The number of carbonyl (C=O) groups excluding carboxylic acids is 1. The Morgan fingerprint density at radius 1 is 0.769 bits per heavy atom. The van der Waals surface area contributed by atoms with Crippen molar-refractivity contribution in [1.82, 2.24) is 15.5 Å². The fourth-order valence-corrected chi connectivity index (χ4v) is 7.37. The lowest BCUT2D eigenvalue weighted by atomic mass is 9.83. The SMILES string of the molecule is O=C(NCCC(O)(c1ccccc1)c1ccccc1)NC1CCC(CCN2C3CCC2c2ccccc23)CC1. The summed E-state index contributed by atoms with van der Waals surface area (Å²) in [6, 6.07) is 29.8. The third kappa shape index (κ3) is 5.48. The smallest absolute Gasteiger partial charge is 0.315 e. The molecule has 2 heterocycles. The second kappa shape index (κ2) is 11.5. The molecule has 39 heavy (non-hydrogen) atoms. The predicted molar refractivity (Wildman–Crippen MR) is 155 cm³/mol. The first-order chi connectivity index (χ1) is 19.1. The summed E-state index contributed by atoms with van der Waals surface area (Å²) >= 11 is 0. The Kier molecular flexibility index (Phi) is 7.71. The van der Waals surface area contributed by atoms with E-state index in [9.17, 15) is 9.90 Å². The zero-order valence-electron chi connectivity index (χ0n) is 22.8. The molecule has 5 heteroatoms. The fraction of sp³-hybridized carbons (Fsp3) is 0.441. The summed E-state index contributed by atoms with van der Waals surface area (Å²) in [6.07, 6.45) is 8.74. The topological polar surface area (TPSA) is 64.6 Å². The molecule has 2 fully saturated rings. The van der Waals surface area contributed by atoms with Gasteiger partial charge in [0.2, 0.25) is 0 Å². The van der Waals surface area contributed by atoms with E-state index in [0.29, 0.717) is 25.0 Å². The van der Waals surface area contributed by atoms with Crippen molar-refractivity contribution in [3.63, 3.8) is 0 Å². The highest BCUT2D eigenvalue weighted by molar-refractivity contribution is 5.74. The van der Waals surface area contributed by atoms with Gasteiger partial charge in [-0.05, 0) is 79.7 Å². The Morgan fingerprint density at radius 3 is 1.87 bits per heavy atom. The largest absolute Gasteiger partial charge is 0.380 e. The summed E-state index contributed by atoms with van der Waals surface area (Å²) in [5.74, 6) is 0.751. The van der Waals surface area contributed by atoms with Gasteiger partial charge < -0.3 is 15.7 Å². The van der Waals surface area contributed by atoms with E-state index < -0.39 is 5.60 Å². The minimum absolute atomic E-state index is 0.131. The zero-order valence-corrected chi connectivity index (χ0v) is 22.8. The monoisotopic (exact) mass is 523 g/mol. The summed E-state index contributed by atoms with van der Waals surface area (Å²) in [5.41, 5.74) is 3.66. The van der Waals surface area contributed by atoms with Gasteiger partial charge in [0.1, 0.15) is 5.60 Å². The Hall–Kier alpha value is -3.15. The number of nitrogens with one attached hydrogen (secondary N) is 2. The highest BCUT2D eigenvalue weighted by Gasteiger charge is 2.43. The molecule has 0 aromatic heterocycles. The number of hydrogen-bond donors (Lipinski definition) is 3. The minimum atomic E-state index is -1.15. The van der Waals surface area contributed by atoms with Gasteiger partial charge in [0.05, 0.1) is 0 Å². The highest BCUT2D eigenvalue weighted by atomic mass is 16.3. The lowest BCUT2D eigenvalue weighted by Crippen LogP contribution is -2.45. The molecular formula is C34H41N3O2. The molecule has 0 spiro atoms. The predicted octanol–water partition coefficient (Wildman–Crippen LogP) is 6.45. The van der Waals surface area contributed by atoms with E-state index in [1.807, 2.05) is 60.7 Å². The average molecular weight is 524 g/mol. The van der Waals surface area contributed by atoms with Gasteiger partial charge in [0, 0.05) is 31.1 Å². The second-order valence-electron chi connectivity index (χ2n) is 11.7. The maximum Gasteiger partial charge on any atom is 0.315 e. The summed E-state index contributed by atoms with van der Waals surface area (Å²) in [6.45, 7) is 1.58. The van der Waals surface area contributed by atoms with Gasteiger partial charge in [0.25, 0.3) is 0 Å². The van der Waals surface area contributed by atoms with Crippen molar-refractivity contribution in [3.8, 4) is 0 Å². The maximum atomic E-state index is 12.7. The van der Waals surface area contributed by atoms with Gasteiger partial charge in [-0.15, -0.1) is 0 Å². The van der Waals surface area contributed by atoms with Crippen molar-refractivity contribution in [2.45, 2.75) is 75.1 Å². The van der Waals surface area contributed by atoms with Crippen LogP contribution in [0.1, 0.15) is 85.7 Å². The average Bonchev–Trinajstić information content (AvgIpc) is 3.54. The number of amides is 2. The summed E-state index contributed by atoms with van der Waals surface area (Å²) in [5, 5.41) is 17.9. The Labute approximate surface area is 232 Å². The van der Waals surface area contributed by atoms with Crippen LogP contribution < -0.4 is 10.6 Å². The molecular weight excluding hydrogens is 482 g/mol. The quantitative estimate of drug-likeness (QED) is 0.302. The number of hydrogen-bond acceptors (Lipinski definition) is 3. The second-order valence-corrected chi connectivity index (χ2v) is 11.7. The Bertz CT molecular complexity index is 1170. The van der Waals surface area contributed by atoms with Crippen LogP contribution in [0.4, 0.5) is 4.79 Å². The highest BCUT2D eigenvalue weighted by Crippen LogP contribution is 2.53. The van der Waals surface area contributed by atoms with Crippen LogP contribution in [0.15, 0.2) is 84.9 Å². The molecule has 204 valence electrons. The van der Waals surface area contributed by atoms with E-state index >= 15 is 0 Å². The van der Waals surface area contributed by atoms with Crippen molar-refractivity contribution in [2.24, 2.45) is 5.92 Å². The van der Waals surface area contributed by atoms with Crippen LogP contribution in [0.25, 0.3) is 0 Å². The van der Waals surface area contributed by atoms with E-state index in [1.54, 1.807) is 11.1 Å². The molecule has 2 atom stereocenters. The first-order valence-corrected chi connectivity index (χ1v) is 14.8. The van der Waals surface area contributed by atoms with E-state index in [0.717, 1.165) is 29.9 Å². The zero-order chi connectivity index (χ0) is 26.7. The number of benzene rings is 3. The summed E-state index contributed by atoms with van der Waals surface area (Å²) in [7, 11) is 0. The first-order valence-electron chi connectivity index (χ1n) is 14.8. The molecule has 3 aromatic carbocycles. The molecule has 0 radical (unpaired) electrons. The van der Waals surface area contributed by atoms with Gasteiger partial charge in [-0.3, -0.25) is 4.90 Å². The van der Waals surface area contributed by atoms with Crippen molar-refractivity contribution in [3.05, 3.63) is 107 Å². The number of urea groups is 1. The van der Waals surface area contributed by atoms with E-state index in [2.05, 4.69) is 39.8 Å². The van der Waals surface area contributed by atoms with Gasteiger partial charge in [-0.1, -0.05) is 84.9 Å². The van der Waals surface area contributed by atoms with Gasteiger partial charge in [0.15, 0.2) is 0 Å². The lowest BCUT2D eigenvalue weighted by Gasteiger charge is -2.32. The molecule has 2 unspecified atom stereocenters. The summed E-state index contributed by atoms with van der Waals surface area (Å²) < 4.78 is 0. The van der Waals surface area contributed by atoms with Crippen molar-refractivity contribution in [1.29, 1.82) is 0 Å². The van der Waals surface area contributed by atoms with Gasteiger partial charge in [-0.25, -0.2) is 4.79 Å². The minimum Gasteiger partial charge on any atom is -0.380 e. The van der Waals surface area contributed by atoms with Gasteiger partial charge in [-0.2, -0.15) is 0 Å². The molecule has 2 amide bonds. The fourth-order valence-electron chi connectivity index (χ4n) is 7.37. The van der Waals surface area contributed by atoms with Crippen molar-refractivity contribution < 1.29 is 9.90 Å². The van der Waals surface area contributed by atoms with Crippen LogP contribution in [0.3, 0.4) is 0 Å². The van der Waals surface area contributed by atoms with E-state index in [1.165, 1.54) is 38.6 Å². The number of nitrogens with zero attached hydrogens (tertiary/aromatic N) is 1. The number of fused-ring (bicyclic) bond motifs is 5. The van der Waals surface area contributed by atoms with Crippen LogP contribution >= 0.6 is 0 Å². The van der Waals surface area contributed by atoms with Crippen LogP contribution in [0, 0.1) is 5.92 Å². The van der Waals surface area contributed by atoms with E-state index in [-0.39, 0.29) is 12.1 Å². The molecule has 6 rings (SSSR count). The molecule has 3 aromatic rings. The van der Waals surface area contributed by atoms with Crippen LogP contribution in [0.2, 0.25) is 0 Å². The van der Waals surface area contributed by atoms with Gasteiger partial charge >= 0.3 is 6.03 Å². The number of carbonyl (C=O) groups is 1. The molecule has 1 aliphatic carbocycles. The third-order valence-corrected chi connectivity index (χ3v) is 9.48. The maximum absolute atomic E-state index is 12.7. The Balaban J connectivity index is 0.942. The van der Waals surface area contributed by atoms with Crippen LogP contribution in [-0.4, -0.2) is 35.2 Å². The Morgan fingerprint density at radius 2 is 1.31 bits per heavy atom. The summed E-state index contributed by atoms with van der Waals surface area (Å²) in [4.78, 5) is 15.5. The lowest BCUT2D eigenvalue weighted by molar-refractivity contribution is 0.0718. The molecule has 1 saturated carbocycles. The van der Waals surface area contributed by atoms with Crippen LogP contribution in [-0.2, 0) is 5.60 Å². The van der Waals surface area contributed by atoms with E-state index in [4.69, 9.17) is 0 Å². The first kappa shape index (κ1) is 26.1. The molecule has 3 aliphatic rings. The van der Waals surface area contributed by atoms with Crippen molar-refractivity contribution >= 4 is 6.03 Å². The number of rotatable bonds is 9. The molecule has 2 aliphatic heterocycles. The van der Waals surface area contributed by atoms with Crippen LogP contribution in [0.5, 0.6) is 0 Å². The molecule has 1 saturated heterocycles. The standard InChI is InChI=1S/C34H41N3O2/c38-33(35-23-22-34(39,26-9-3-1-4-10-26)27-11-5-2-6-12-27)36-28-17-15-25(16-18-28)21-24-37-31-19-20-32(37)30-14-8-7-13-29(30)31/h1-14,25,28,31-32,39H,15-24H2,(H2,35,36,38).